The van der Waals surface area contributed by atoms with Crippen molar-refractivity contribution in [2.24, 2.45) is 0 Å². The highest BCUT2D eigenvalue weighted by Gasteiger charge is 2.01. The molecule has 0 atom stereocenters. The monoisotopic (exact) mass is 375 g/mol. The summed E-state index contributed by atoms with van der Waals surface area (Å²) in [6.07, 6.45) is 3.89. The molecule has 0 aliphatic carbocycles. The summed E-state index contributed by atoms with van der Waals surface area (Å²) in [5.74, 6) is 0.900. The van der Waals surface area contributed by atoms with Crippen LogP contribution in [0, 0.1) is 6.92 Å². The smallest absolute Gasteiger partial charge is 0.223 e. The van der Waals surface area contributed by atoms with Crippen LogP contribution in [0.5, 0.6) is 5.75 Å². The van der Waals surface area contributed by atoms with Crippen molar-refractivity contribution in [2.45, 2.75) is 32.6 Å². The van der Waals surface area contributed by atoms with E-state index in [0.29, 0.717) is 13.0 Å². The molecule has 1 aromatic carbocycles. The van der Waals surface area contributed by atoms with Gasteiger partial charge in [0.1, 0.15) is 5.75 Å². The van der Waals surface area contributed by atoms with E-state index in [0.717, 1.165) is 24.3 Å². The van der Waals surface area contributed by atoms with Gasteiger partial charge in [-0.2, -0.15) is 0 Å². The Hall–Kier alpha value is -0.780. The van der Waals surface area contributed by atoms with Gasteiger partial charge in [-0.05, 0) is 41.9 Å². The Bertz CT molecular complexity index is 382. The number of benzene rings is 1. The lowest BCUT2D eigenvalue weighted by molar-refractivity contribution is -0.121. The highest BCUT2D eigenvalue weighted by molar-refractivity contribution is 14.1. The van der Waals surface area contributed by atoms with Gasteiger partial charge >= 0.3 is 0 Å². The summed E-state index contributed by atoms with van der Waals surface area (Å²) in [7, 11) is 0. The summed E-state index contributed by atoms with van der Waals surface area (Å²) < 4.78 is 6.73. The number of rotatable bonds is 9. The summed E-state index contributed by atoms with van der Waals surface area (Å²) in [5.41, 5.74) is 1.16. The second-order valence-corrected chi connectivity index (χ2v) is 5.59. The SMILES string of the molecule is Cc1cccc(OCCC(=O)NCCCCCI)c1. The molecule has 0 fully saturated rings. The first kappa shape index (κ1) is 16.3. The molecule has 1 N–H and O–H groups in total. The average molecular weight is 375 g/mol. The van der Waals surface area contributed by atoms with E-state index in [-0.39, 0.29) is 5.91 Å². The van der Waals surface area contributed by atoms with Crippen LogP contribution in [0.25, 0.3) is 0 Å². The highest BCUT2D eigenvalue weighted by atomic mass is 127. The molecule has 0 aromatic heterocycles. The molecule has 0 saturated carbocycles. The number of hydrogen-bond donors (Lipinski definition) is 1. The Labute approximate surface area is 129 Å². The summed E-state index contributed by atoms with van der Waals surface area (Å²) >= 11 is 2.37. The maximum absolute atomic E-state index is 11.5. The Morgan fingerprint density at radius 1 is 1.32 bits per heavy atom. The van der Waals surface area contributed by atoms with Crippen LogP contribution < -0.4 is 10.1 Å². The third-order valence-electron chi connectivity index (χ3n) is 2.72. The number of amides is 1. The van der Waals surface area contributed by atoms with Crippen LogP contribution in [0.3, 0.4) is 0 Å². The van der Waals surface area contributed by atoms with E-state index in [9.17, 15) is 4.79 Å². The Morgan fingerprint density at radius 3 is 2.89 bits per heavy atom. The molecule has 0 bridgehead atoms. The maximum atomic E-state index is 11.5. The van der Waals surface area contributed by atoms with Gasteiger partial charge in [0.25, 0.3) is 0 Å². The fourth-order valence-corrected chi connectivity index (χ4v) is 2.22. The standard InChI is InChI=1S/C15H22INO2/c1-13-6-5-7-14(12-13)19-11-8-15(18)17-10-4-2-3-9-16/h5-7,12H,2-4,8-11H2,1H3,(H,17,18). The normalized spacial score (nSPS) is 10.2. The van der Waals surface area contributed by atoms with Gasteiger partial charge in [-0.15, -0.1) is 0 Å². The minimum Gasteiger partial charge on any atom is -0.493 e. The first-order chi connectivity index (χ1) is 9.22. The molecule has 1 amide bonds. The first-order valence-electron chi connectivity index (χ1n) is 6.74. The van der Waals surface area contributed by atoms with Gasteiger partial charge in [-0.3, -0.25) is 4.79 Å². The van der Waals surface area contributed by atoms with Crippen LogP contribution in [0.2, 0.25) is 0 Å². The quantitative estimate of drug-likeness (QED) is 0.408. The summed E-state index contributed by atoms with van der Waals surface area (Å²) in [6.45, 7) is 3.23. The van der Waals surface area contributed by atoms with Gasteiger partial charge in [0.2, 0.25) is 5.91 Å². The molecule has 0 aliphatic rings. The van der Waals surface area contributed by atoms with E-state index in [4.69, 9.17) is 4.74 Å². The van der Waals surface area contributed by atoms with Gasteiger partial charge in [-0.25, -0.2) is 0 Å². The third kappa shape index (κ3) is 8.08. The molecule has 1 rings (SSSR count). The largest absolute Gasteiger partial charge is 0.493 e. The number of halogens is 1. The van der Waals surface area contributed by atoms with Crippen LogP contribution in [0.15, 0.2) is 24.3 Å². The van der Waals surface area contributed by atoms with E-state index in [1.165, 1.54) is 17.3 Å². The van der Waals surface area contributed by atoms with Crippen molar-refractivity contribution in [3.05, 3.63) is 29.8 Å². The Balaban J connectivity index is 2.07. The minimum atomic E-state index is 0.0714. The Kier molecular flexibility index (Phi) is 8.62. The molecular weight excluding hydrogens is 353 g/mol. The van der Waals surface area contributed by atoms with Crippen LogP contribution >= 0.6 is 22.6 Å². The lowest BCUT2D eigenvalue weighted by Crippen LogP contribution is -2.25. The molecule has 0 spiro atoms. The molecule has 4 heteroatoms. The summed E-state index contributed by atoms with van der Waals surface area (Å²) in [5, 5.41) is 2.92. The van der Waals surface area contributed by atoms with Crippen molar-refractivity contribution >= 4 is 28.5 Å². The first-order valence-corrected chi connectivity index (χ1v) is 8.27. The van der Waals surface area contributed by atoms with Gasteiger partial charge in [0.15, 0.2) is 0 Å². The number of nitrogens with one attached hydrogen (secondary N) is 1. The molecule has 3 nitrogen and oxygen atoms in total. The number of carbonyl (C=O) groups excluding carboxylic acids is 1. The van der Waals surface area contributed by atoms with E-state index < -0.39 is 0 Å². The number of hydrogen-bond acceptors (Lipinski definition) is 2. The summed E-state index contributed by atoms with van der Waals surface area (Å²) in [6, 6.07) is 7.87. The topological polar surface area (TPSA) is 38.3 Å². The number of alkyl halides is 1. The third-order valence-corrected chi connectivity index (χ3v) is 3.48. The zero-order chi connectivity index (χ0) is 13.9. The van der Waals surface area contributed by atoms with Crippen molar-refractivity contribution in [1.29, 1.82) is 0 Å². The molecule has 19 heavy (non-hydrogen) atoms. The molecule has 0 heterocycles. The zero-order valence-electron chi connectivity index (χ0n) is 11.5. The van der Waals surface area contributed by atoms with Crippen LogP contribution in [0.4, 0.5) is 0 Å². The summed E-state index contributed by atoms with van der Waals surface area (Å²) in [4.78, 5) is 11.5. The van der Waals surface area contributed by atoms with Crippen molar-refractivity contribution < 1.29 is 9.53 Å². The lowest BCUT2D eigenvalue weighted by atomic mass is 10.2. The van der Waals surface area contributed by atoms with E-state index in [2.05, 4.69) is 27.9 Å². The van der Waals surface area contributed by atoms with Crippen molar-refractivity contribution in [2.75, 3.05) is 17.6 Å². The van der Waals surface area contributed by atoms with Gasteiger partial charge in [-0.1, -0.05) is 41.1 Å². The van der Waals surface area contributed by atoms with Gasteiger partial charge in [0.05, 0.1) is 13.0 Å². The fourth-order valence-electron chi connectivity index (χ4n) is 1.68. The molecule has 106 valence electrons. The van der Waals surface area contributed by atoms with Crippen LogP contribution in [-0.2, 0) is 4.79 Å². The van der Waals surface area contributed by atoms with Gasteiger partial charge in [0, 0.05) is 6.54 Å². The average Bonchev–Trinajstić information content (AvgIpc) is 2.38. The van der Waals surface area contributed by atoms with Crippen LogP contribution in [0.1, 0.15) is 31.2 Å². The van der Waals surface area contributed by atoms with Crippen molar-refractivity contribution in [3.63, 3.8) is 0 Å². The predicted molar refractivity (Wildman–Crippen MR) is 87.0 cm³/mol. The molecule has 0 aliphatic heterocycles. The molecule has 0 radical (unpaired) electrons. The van der Waals surface area contributed by atoms with Crippen LogP contribution in [-0.4, -0.2) is 23.5 Å². The van der Waals surface area contributed by atoms with Crippen molar-refractivity contribution in [1.82, 2.24) is 5.32 Å². The van der Waals surface area contributed by atoms with Gasteiger partial charge < -0.3 is 10.1 Å². The lowest BCUT2D eigenvalue weighted by Gasteiger charge is -2.07. The maximum Gasteiger partial charge on any atom is 0.223 e. The minimum absolute atomic E-state index is 0.0714. The van der Waals surface area contributed by atoms with E-state index >= 15 is 0 Å². The number of ether oxygens (including phenoxy) is 1. The second kappa shape index (κ2) is 10.1. The highest BCUT2D eigenvalue weighted by Crippen LogP contribution is 2.12. The number of unbranched alkanes of at least 4 members (excludes halogenated alkanes) is 2. The fraction of sp³-hybridized carbons (Fsp3) is 0.533. The predicted octanol–water partition coefficient (Wildman–Crippen LogP) is 3.49. The second-order valence-electron chi connectivity index (χ2n) is 4.51. The number of aryl methyl sites for hydroxylation is 1. The molecular formula is C15H22INO2. The van der Waals surface area contributed by atoms with E-state index in [1.54, 1.807) is 0 Å². The van der Waals surface area contributed by atoms with Crippen molar-refractivity contribution in [3.8, 4) is 5.75 Å². The molecule has 1 aromatic rings. The Morgan fingerprint density at radius 2 is 2.16 bits per heavy atom. The zero-order valence-corrected chi connectivity index (χ0v) is 13.6. The molecule has 0 unspecified atom stereocenters. The van der Waals surface area contributed by atoms with E-state index in [1.807, 2.05) is 31.2 Å². The molecule has 0 saturated heterocycles. The number of carbonyl (C=O) groups is 1.